The number of rotatable bonds is 4. The molecule has 2 heterocycles. The van der Waals surface area contributed by atoms with Crippen molar-refractivity contribution in [2.24, 2.45) is 0 Å². The molecule has 8 heteroatoms. The monoisotopic (exact) mass is 341 g/mol. The predicted octanol–water partition coefficient (Wildman–Crippen LogP) is 1.12. The molecule has 1 aromatic heterocycles. The van der Waals surface area contributed by atoms with Crippen LogP contribution in [0.25, 0.3) is 11.0 Å². The third-order valence-electron chi connectivity index (χ3n) is 3.86. The zero-order valence-corrected chi connectivity index (χ0v) is 13.6. The molecule has 23 heavy (non-hydrogen) atoms. The average Bonchev–Trinajstić information content (AvgIpc) is 2.98. The first-order valence-electron chi connectivity index (χ1n) is 7.49. The highest BCUT2D eigenvalue weighted by Crippen LogP contribution is 2.36. The molecule has 0 saturated carbocycles. The van der Waals surface area contributed by atoms with E-state index in [2.05, 4.69) is 10.3 Å². The number of hydrogen-bond acceptors (Lipinski definition) is 6. The molecule has 3 rings (SSSR count). The molecule has 4 N–H and O–H groups in total. The molecule has 1 saturated heterocycles. The molecule has 7 nitrogen and oxygen atoms in total. The van der Waals surface area contributed by atoms with E-state index < -0.39 is 24.5 Å². The second-order valence-corrected chi connectivity index (χ2v) is 6.35. The average molecular weight is 342 g/mol. The number of aliphatic hydroxyl groups is 3. The lowest BCUT2D eigenvalue weighted by Gasteiger charge is -2.21. The standard InChI is InChI=1S/C15H20ClN3O4/c1-7(2)17-15-18-11-8(16)4-3-5-9(11)19(15)14-13(22)12(21)10(6-20)23-14/h3-5,7,10,12-14,20-22H,6H2,1-2H3,(H,17,18)/t10-,12-,13-,14-/m1/s1. The Hall–Kier alpha value is -1.38. The topological polar surface area (TPSA) is 99.8 Å². The fourth-order valence-corrected chi connectivity index (χ4v) is 3.01. The summed E-state index contributed by atoms with van der Waals surface area (Å²) in [6, 6.07) is 5.43. The highest BCUT2D eigenvalue weighted by molar-refractivity contribution is 6.35. The number of aromatic nitrogens is 2. The quantitative estimate of drug-likeness (QED) is 0.665. The molecule has 126 valence electrons. The van der Waals surface area contributed by atoms with E-state index in [0.29, 0.717) is 22.0 Å². The van der Waals surface area contributed by atoms with E-state index in [1.807, 2.05) is 19.9 Å². The number of hydrogen-bond donors (Lipinski definition) is 4. The maximum atomic E-state index is 10.3. The summed E-state index contributed by atoms with van der Waals surface area (Å²) in [4.78, 5) is 4.49. The fraction of sp³-hybridized carbons (Fsp3) is 0.533. The lowest BCUT2D eigenvalue weighted by Crippen LogP contribution is -2.33. The van der Waals surface area contributed by atoms with Gasteiger partial charge in [0.25, 0.3) is 0 Å². The van der Waals surface area contributed by atoms with Crippen molar-refractivity contribution in [2.45, 2.75) is 44.4 Å². The first-order chi connectivity index (χ1) is 10.9. The fourth-order valence-electron chi connectivity index (χ4n) is 2.79. The second kappa shape index (κ2) is 6.26. The van der Waals surface area contributed by atoms with Gasteiger partial charge in [0.15, 0.2) is 6.23 Å². The van der Waals surface area contributed by atoms with E-state index >= 15 is 0 Å². The van der Waals surface area contributed by atoms with Crippen LogP contribution in [-0.2, 0) is 4.74 Å². The molecular formula is C15H20ClN3O4. The normalized spacial score (nSPS) is 28.0. The Balaban J connectivity index is 2.13. The van der Waals surface area contributed by atoms with Crippen LogP contribution in [0, 0.1) is 0 Å². The van der Waals surface area contributed by atoms with Crippen molar-refractivity contribution in [2.75, 3.05) is 11.9 Å². The Morgan fingerprint density at radius 1 is 1.35 bits per heavy atom. The molecule has 1 aromatic carbocycles. The Labute approximate surface area is 138 Å². The van der Waals surface area contributed by atoms with Gasteiger partial charge in [0.1, 0.15) is 23.8 Å². The summed E-state index contributed by atoms with van der Waals surface area (Å²) in [5.74, 6) is 0.484. The van der Waals surface area contributed by atoms with Gasteiger partial charge in [-0.25, -0.2) is 4.98 Å². The summed E-state index contributed by atoms with van der Waals surface area (Å²) in [6.07, 6.45) is -4.07. The number of nitrogens with zero attached hydrogens (tertiary/aromatic N) is 2. The highest BCUT2D eigenvalue weighted by Gasteiger charge is 2.44. The van der Waals surface area contributed by atoms with Gasteiger partial charge >= 0.3 is 0 Å². The van der Waals surface area contributed by atoms with Crippen molar-refractivity contribution in [3.05, 3.63) is 23.2 Å². The summed E-state index contributed by atoms with van der Waals surface area (Å²) in [7, 11) is 0. The number of aliphatic hydroxyl groups excluding tert-OH is 3. The molecule has 2 aromatic rings. The highest BCUT2D eigenvalue weighted by atomic mass is 35.5. The third kappa shape index (κ3) is 2.79. The molecule has 0 radical (unpaired) electrons. The third-order valence-corrected chi connectivity index (χ3v) is 4.17. The first-order valence-corrected chi connectivity index (χ1v) is 7.87. The van der Waals surface area contributed by atoms with Gasteiger partial charge in [-0.1, -0.05) is 17.7 Å². The minimum absolute atomic E-state index is 0.0986. The number of nitrogens with one attached hydrogen (secondary N) is 1. The van der Waals surface area contributed by atoms with E-state index in [1.165, 1.54) is 0 Å². The predicted molar refractivity (Wildman–Crippen MR) is 86.5 cm³/mol. The minimum atomic E-state index is -1.18. The van der Waals surface area contributed by atoms with Crippen molar-refractivity contribution < 1.29 is 20.1 Å². The number of benzene rings is 1. The summed E-state index contributed by atoms with van der Waals surface area (Å²) < 4.78 is 7.31. The Morgan fingerprint density at radius 2 is 2.09 bits per heavy atom. The summed E-state index contributed by atoms with van der Waals surface area (Å²) in [6.45, 7) is 3.54. The Bertz CT molecular complexity index is 705. The number of fused-ring (bicyclic) bond motifs is 1. The SMILES string of the molecule is CC(C)Nc1nc2c(Cl)cccc2n1[C@@H]1O[C@H](CO)[C@@H](O)[C@H]1O. The van der Waals surface area contributed by atoms with Crippen molar-refractivity contribution in [1.29, 1.82) is 0 Å². The number of imidazole rings is 1. The van der Waals surface area contributed by atoms with Crippen molar-refractivity contribution in [1.82, 2.24) is 9.55 Å². The van der Waals surface area contributed by atoms with Gasteiger partial charge in [-0.15, -0.1) is 0 Å². The molecule has 1 fully saturated rings. The maximum absolute atomic E-state index is 10.3. The lowest BCUT2D eigenvalue weighted by atomic mass is 10.1. The van der Waals surface area contributed by atoms with Crippen molar-refractivity contribution in [3.8, 4) is 0 Å². The van der Waals surface area contributed by atoms with Crippen LogP contribution in [0.15, 0.2) is 18.2 Å². The minimum Gasteiger partial charge on any atom is -0.394 e. The van der Waals surface area contributed by atoms with Crippen LogP contribution in [0.1, 0.15) is 20.1 Å². The molecule has 0 bridgehead atoms. The van der Waals surface area contributed by atoms with Gasteiger partial charge < -0.3 is 25.4 Å². The number of halogens is 1. The van der Waals surface area contributed by atoms with Crippen molar-refractivity contribution >= 4 is 28.6 Å². The molecule has 0 spiro atoms. The van der Waals surface area contributed by atoms with Crippen LogP contribution in [-0.4, -0.2) is 55.8 Å². The van der Waals surface area contributed by atoms with E-state index in [1.54, 1.807) is 16.7 Å². The van der Waals surface area contributed by atoms with Gasteiger partial charge in [-0.05, 0) is 26.0 Å². The van der Waals surface area contributed by atoms with E-state index in [4.69, 9.17) is 16.3 Å². The molecule has 0 aliphatic carbocycles. The van der Waals surface area contributed by atoms with Gasteiger partial charge in [0.05, 0.1) is 17.1 Å². The van der Waals surface area contributed by atoms with Crippen LogP contribution in [0.5, 0.6) is 0 Å². The van der Waals surface area contributed by atoms with Gasteiger partial charge in [-0.2, -0.15) is 0 Å². The van der Waals surface area contributed by atoms with E-state index in [9.17, 15) is 15.3 Å². The van der Waals surface area contributed by atoms with Crippen LogP contribution < -0.4 is 5.32 Å². The molecule has 0 unspecified atom stereocenters. The molecule has 1 aliphatic heterocycles. The Kier molecular flexibility index (Phi) is 4.48. The lowest BCUT2D eigenvalue weighted by molar-refractivity contribution is -0.0499. The molecule has 1 aliphatic rings. The molecular weight excluding hydrogens is 322 g/mol. The van der Waals surface area contributed by atoms with Crippen LogP contribution >= 0.6 is 11.6 Å². The van der Waals surface area contributed by atoms with Crippen LogP contribution in [0.4, 0.5) is 5.95 Å². The van der Waals surface area contributed by atoms with E-state index in [-0.39, 0.29) is 12.6 Å². The number of ether oxygens (including phenoxy) is 1. The van der Waals surface area contributed by atoms with E-state index in [0.717, 1.165) is 0 Å². The van der Waals surface area contributed by atoms with Gasteiger partial charge in [-0.3, -0.25) is 4.57 Å². The second-order valence-electron chi connectivity index (χ2n) is 5.94. The summed E-state index contributed by atoms with van der Waals surface area (Å²) in [5.41, 5.74) is 1.26. The number of anilines is 1. The largest absolute Gasteiger partial charge is 0.394 e. The Morgan fingerprint density at radius 3 is 2.70 bits per heavy atom. The van der Waals surface area contributed by atoms with Crippen LogP contribution in [0.3, 0.4) is 0 Å². The molecule has 0 amide bonds. The summed E-state index contributed by atoms with van der Waals surface area (Å²) in [5, 5.41) is 33.3. The summed E-state index contributed by atoms with van der Waals surface area (Å²) >= 11 is 6.21. The smallest absolute Gasteiger partial charge is 0.206 e. The zero-order chi connectivity index (χ0) is 16.7. The van der Waals surface area contributed by atoms with Crippen molar-refractivity contribution in [3.63, 3.8) is 0 Å². The maximum Gasteiger partial charge on any atom is 0.206 e. The zero-order valence-electron chi connectivity index (χ0n) is 12.8. The molecule has 4 atom stereocenters. The number of para-hydroxylation sites is 1. The van der Waals surface area contributed by atoms with Crippen LogP contribution in [0.2, 0.25) is 5.02 Å². The van der Waals surface area contributed by atoms with Gasteiger partial charge in [0, 0.05) is 6.04 Å². The van der Waals surface area contributed by atoms with Gasteiger partial charge in [0.2, 0.25) is 5.95 Å². The first kappa shape index (κ1) is 16.5.